The van der Waals surface area contributed by atoms with Crippen molar-refractivity contribution in [2.24, 2.45) is 0 Å². The Labute approximate surface area is 319 Å². The summed E-state index contributed by atoms with van der Waals surface area (Å²) in [7, 11) is 0. The number of para-hydroxylation sites is 3. The molecular formula is C51H35N3O. The van der Waals surface area contributed by atoms with Crippen LogP contribution < -0.4 is 4.90 Å². The van der Waals surface area contributed by atoms with Gasteiger partial charge in [0, 0.05) is 55.5 Å². The van der Waals surface area contributed by atoms with Gasteiger partial charge < -0.3 is 9.32 Å². The smallest absolute Gasteiger partial charge is 0.160 e. The van der Waals surface area contributed by atoms with Crippen LogP contribution in [-0.2, 0) is 0 Å². The molecule has 2 aromatic heterocycles. The zero-order valence-electron chi connectivity index (χ0n) is 30.2. The van der Waals surface area contributed by atoms with E-state index in [1.807, 2.05) is 24.3 Å². The van der Waals surface area contributed by atoms with Gasteiger partial charge in [-0.1, -0.05) is 146 Å². The van der Waals surface area contributed by atoms with Crippen LogP contribution in [0.2, 0.25) is 0 Å². The Hall–Kier alpha value is -7.30. The molecule has 0 aliphatic rings. The van der Waals surface area contributed by atoms with E-state index in [1.54, 1.807) is 0 Å². The van der Waals surface area contributed by atoms with Gasteiger partial charge in [-0.2, -0.15) is 0 Å². The summed E-state index contributed by atoms with van der Waals surface area (Å²) in [5.41, 5.74) is 13.0. The number of benzene rings is 8. The monoisotopic (exact) mass is 705 g/mol. The van der Waals surface area contributed by atoms with Crippen LogP contribution in [0.15, 0.2) is 199 Å². The molecular weight excluding hydrogens is 671 g/mol. The molecule has 10 aromatic rings. The molecule has 0 spiro atoms. The van der Waals surface area contributed by atoms with Gasteiger partial charge >= 0.3 is 0 Å². The van der Waals surface area contributed by atoms with Crippen molar-refractivity contribution in [3.05, 3.63) is 200 Å². The van der Waals surface area contributed by atoms with Crippen LogP contribution in [0.25, 0.3) is 77.7 Å². The number of hydrogen-bond acceptors (Lipinski definition) is 4. The average Bonchev–Trinajstić information content (AvgIpc) is 3.65. The van der Waals surface area contributed by atoms with E-state index in [0.29, 0.717) is 5.82 Å². The predicted molar refractivity (Wildman–Crippen MR) is 228 cm³/mol. The van der Waals surface area contributed by atoms with Crippen LogP contribution >= 0.6 is 0 Å². The minimum absolute atomic E-state index is 0.683. The lowest BCUT2D eigenvalue weighted by atomic mass is 9.94. The van der Waals surface area contributed by atoms with Gasteiger partial charge in [-0.15, -0.1) is 0 Å². The fourth-order valence-electron chi connectivity index (χ4n) is 7.81. The topological polar surface area (TPSA) is 42.2 Å². The summed E-state index contributed by atoms with van der Waals surface area (Å²) in [5, 5.41) is 4.34. The summed E-state index contributed by atoms with van der Waals surface area (Å²) in [6.07, 6.45) is 0. The zero-order chi connectivity index (χ0) is 36.7. The molecule has 0 amide bonds. The average molecular weight is 706 g/mol. The van der Waals surface area contributed by atoms with E-state index in [-0.39, 0.29) is 0 Å². The van der Waals surface area contributed by atoms with E-state index in [4.69, 9.17) is 14.4 Å². The van der Waals surface area contributed by atoms with Crippen molar-refractivity contribution < 1.29 is 4.42 Å². The van der Waals surface area contributed by atoms with Crippen molar-refractivity contribution in [3.63, 3.8) is 0 Å². The number of anilines is 3. The fourth-order valence-corrected chi connectivity index (χ4v) is 7.81. The molecule has 10 rings (SSSR count). The molecule has 0 aliphatic carbocycles. The standard InChI is InChI=1S/C51H35N3O/c1-34-47(36-17-6-2-7-18-36)52-51(37-19-8-3-9-20-37)53-48(34)44-28-16-27-43-46-33-45(41-25-14-15-26-42(41)50(46)55-49(43)44)35-29-31-40(32-30-35)54(38-21-10-4-11-22-38)39-23-12-5-13-24-39/h2-33H,1H3. The maximum absolute atomic E-state index is 6.97. The number of nitrogens with zero attached hydrogens (tertiary/aromatic N) is 3. The molecule has 0 aliphatic heterocycles. The minimum Gasteiger partial charge on any atom is -0.455 e. The Balaban J connectivity index is 1.15. The van der Waals surface area contributed by atoms with Crippen LogP contribution in [0, 0.1) is 6.92 Å². The quantitative estimate of drug-likeness (QED) is 0.166. The largest absolute Gasteiger partial charge is 0.455 e. The van der Waals surface area contributed by atoms with Gasteiger partial charge in [0.15, 0.2) is 5.82 Å². The van der Waals surface area contributed by atoms with Crippen molar-refractivity contribution in [3.8, 4) is 45.0 Å². The molecule has 55 heavy (non-hydrogen) atoms. The van der Waals surface area contributed by atoms with E-state index >= 15 is 0 Å². The molecule has 2 heterocycles. The molecule has 0 N–H and O–H groups in total. The van der Waals surface area contributed by atoms with E-state index in [2.05, 4.69) is 182 Å². The summed E-state index contributed by atoms with van der Waals surface area (Å²) >= 11 is 0. The molecule has 8 aromatic carbocycles. The first kappa shape index (κ1) is 32.4. The lowest BCUT2D eigenvalue weighted by Crippen LogP contribution is -2.09. The number of aromatic nitrogens is 2. The van der Waals surface area contributed by atoms with Crippen molar-refractivity contribution in [2.45, 2.75) is 6.92 Å². The highest BCUT2D eigenvalue weighted by Crippen LogP contribution is 2.44. The summed E-state index contributed by atoms with van der Waals surface area (Å²) in [5.74, 6) is 0.683. The summed E-state index contributed by atoms with van der Waals surface area (Å²) in [6.45, 7) is 2.11. The van der Waals surface area contributed by atoms with Gasteiger partial charge in [0.2, 0.25) is 0 Å². The SMILES string of the molecule is Cc1c(-c2ccccc2)nc(-c2ccccc2)nc1-c1cccc2c1oc1c3ccccc3c(-c3ccc(N(c4ccccc4)c4ccccc4)cc3)cc21. The Bertz CT molecular complexity index is 2920. The first-order valence-electron chi connectivity index (χ1n) is 18.6. The Morgan fingerprint density at radius 3 is 1.55 bits per heavy atom. The Morgan fingerprint density at radius 2 is 0.891 bits per heavy atom. The van der Waals surface area contributed by atoms with Gasteiger partial charge in [-0.25, -0.2) is 9.97 Å². The third-order valence-electron chi connectivity index (χ3n) is 10.4. The lowest BCUT2D eigenvalue weighted by Gasteiger charge is -2.25. The van der Waals surface area contributed by atoms with Crippen LogP contribution in [0.4, 0.5) is 17.1 Å². The summed E-state index contributed by atoms with van der Waals surface area (Å²) < 4.78 is 6.97. The molecule has 0 saturated heterocycles. The highest BCUT2D eigenvalue weighted by atomic mass is 16.3. The lowest BCUT2D eigenvalue weighted by molar-refractivity contribution is 0.673. The van der Waals surface area contributed by atoms with Gasteiger partial charge in [-0.3, -0.25) is 0 Å². The maximum Gasteiger partial charge on any atom is 0.160 e. The minimum atomic E-state index is 0.683. The number of furan rings is 1. The normalized spacial score (nSPS) is 11.4. The second-order valence-electron chi connectivity index (χ2n) is 13.8. The number of rotatable bonds is 7. The maximum atomic E-state index is 6.97. The van der Waals surface area contributed by atoms with Gasteiger partial charge in [-0.05, 0) is 72.0 Å². The van der Waals surface area contributed by atoms with E-state index in [0.717, 1.165) is 94.5 Å². The Morgan fingerprint density at radius 1 is 0.382 bits per heavy atom. The highest BCUT2D eigenvalue weighted by molar-refractivity contribution is 6.20. The molecule has 0 saturated carbocycles. The van der Waals surface area contributed by atoms with Crippen LogP contribution in [0.1, 0.15) is 5.56 Å². The zero-order valence-corrected chi connectivity index (χ0v) is 30.2. The van der Waals surface area contributed by atoms with E-state index in [1.165, 1.54) is 0 Å². The van der Waals surface area contributed by atoms with Gasteiger partial charge in [0.25, 0.3) is 0 Å². The second-order valence-corrected chi connectivity index (χ2v) is 13.8. The highest BCUT2D eigenvalue weighted by Gasteiger charge is 2.22. The Kier molecular flexibility index (Phi) is 8.00. The molecule has 0 atom stereocenters. The molecule has 4 heteroatoms. The van der Waals surface area contributed by atoms with Crippen molar-refractivity contribution >= 4 is 49.8 Å². The first-order valence-corrected chi connectivity index (χ1v) is 18.6. The molecule has 0 radical (unpaired) electrons. The predicted octanol–water partition coefficient (Wildman–Crippen LogP) is 14.0. The third kappa shape index (κ3) is 5.72. The van der Waals surface area contributed by atoms with Gasteiger partial charge in [0.05, 0.1) is 11.4 Å². The molecule has 0 fully saturated rings. The number of hydrogen-bond donors (Lipinski definition) is 0. The fraction of sp³-hybridized carbons (Fsp3) is 0.0196. The van der Waals surface area contributed by atoms with Gasteiger partial charge in [0.1, 0.15) is 11.2 Å². The summed E-state index contributed by atoms with van der Waals surface area (Å²) in [6, 6.07) is 67.7. The molecule has 0 bridgehead atoms. The van der Waals surface area contributed by atoms with Crippen LogP contribution in [-0.4, -0.2) is 9.97 Å². The van der Waals surface area contributed by atoms with Crippen molar-refractivity contribution in [1.82, 2.24) is 9.97 Å². The van der Waals surface area contributed by atoms with E-state index < -0.39 is 0 Å². The summed E-state index contributed by atoms with van der Waals surface area (Å²) in [4.78, 5) is 12.6. The first-order chi connectivity index (χ1) is 27.2. The van der Waals surface area contributed by atoms with Crippen LogP contribution in [0.5, 0.6) is 0 Å². The van der Waals surface area contributed by atoms with Crippen molar-refractivity contribution in [1.29, 1.82) is 0 Å². The molecule has 260 valence electrons. The second kappa shape index (κ2) is 13.6. The molecule has 0 unspecified atom stereocenters. The third-order valence-corrected chi connectivity index (χ3v) is 10.4. The molecule has 4 nitrogen and oxygen atoms in total. The number of fused-ring (bicyclic) bond motifs is 5. The van der Waals surface area contributed by atoms with Crippen LogP contribution in [0.3, 0.4) is 0 Å². The van der Waals surface area contributed by atoms with E-state index in [9.17, 15) is 0 Å². The van der Waals surface area contributed by atoms with Crippen molar-refractivity contribution in [2.75, 3.05) is 4.90 Å².